The predicted octanol–water partition coefficient (Wildman–Crippen LogP) is 2.18. The van der Waals surface area contributed by atoms with Gasteiger partial charge in [0.15, 0.2) is 10.4 Å². The third kappa shape index (κ3) is 3.04. The van der Waals surface area contributed by atoms with Gasteiger partial charge in [-0.3, -0.25) is 0 Å². The van der Waals surface area contributed by atoms with Gasteiger partial charge in [-0.2, -0.15) is 0 Å². The van der Waals surface area contributed by atoms with E-state index in [0.717, 1.165) is 0 Å². The third-order valence-electron chi connectivity index (χ3n) is 1.15. The fraction of sp³-hybridized carbons (Fsp3) is 0.286. The lowest BCUT2D eigenvalue weighted by Gasteiger charge is -2.00. The SMILES string of the molecule is CCOC(=O)c1cc(Br)nc(Br)n1. The third-order valence-corrected chi connectivity index (χ3v) is 1.91. The summed E-state index contributed by atoms with van der Waals surface area (Å²) in [6, 6.07) is 1.50. The molecular formula is C7H6Br2N2O2. The molecule has 0 atom stereocenters. The first-order valence-corrected chi connectivity index (χ1v) is 5.09. The molecule has 13 heavy (non-hydrogen) atoms. The number of carbonyl (C=O) groups is 1. The van der Waals surface area contributed by atoms with Crippen molar-refractivity contribution in [1.29, 1.82) is 0 Å². The van der Waals surface area contributed by atoms with Crippen molar-refractivity contribution >= 4 is 37.8 Å². The molecule has 0 aromatic carbocycles. The zero-order chi connectivity index (χ0) is 9.84. The molecule has 0 saturated carbocycles. The summed E-state index contributed by atoms with van der Waals surface area (Å²) in [4.78, 5) is 18.9. The van der Waals surface area contributed by atoms with Gasteiger partial charge in [0.25, 0.3) is 0 Å². The van der Waals surface area contributed by atoms with Crippen LogP contribution in [0.2, 0.25) is 0 Å². The van der Waals surface area contributed by atoms with E-state index in [1.54, 1.807) is 6.92 Å². The first-order valence-electron chi connectivity index (χ1n) is 3.50. The summed E-state index contributed by atoms with van der Waals surface area (Å²) in [6.07, 6.45) is 0. The van der Waals surface area contributed by atoms with Gasteiger partial charge < -0.3 is 4.74 Å². The van der Waals surface area contributed by atoms with Crippen LogP contribution < -0.4 is 0 Å². The van der Waals surface area contributed by atoms with Crippen molar-refractivity contribution in [3.63, 3.8) is 0 Å². The average Bonchev–Trinajstić information content (AvgIpc) is 2.03. The summed E-state index contributed by atoms with van der Waals surface area (Å²) in [5.41, 5.74) is 0.232. The quantitative estimate of drug-likeness (QED) is 0.477. The van der Waals surface area contributed by atoms with Gasteiger partial charge in [0.1, 0.15) is 4.60 Å². The smallest absolute Gasteiger partial charge is 0.357 e. The van der Waals surface area contributed by atoms with Crippen LogP contribution in [-0.2, 0) is 4.74 Å². The molecule has 4 nitrogen and oxygen atoms in total. The van der Waals surface area contributed by atoms with E-state index in [4.69, 9.17) is 4.74 Å². The molecule has 1 heterocycles. The highest BCUT2D eigenvalue weighted by Gasteiger charge is 2.10. The highest BCUT2D eigenvalue weighted by atomic mass is 79.9. The standard InChI is InChI=1S/C7H6Br2N2O2/c1-2-13-6(12)4-3-5(8)11-7(9)10-4/h3H,2H2,1H3. The summed E-state index contributed by atoms with van der Waals surface area (Å²) in [6.45, 7) is 2.07. The van der Waals surface area contributed by atoms with Gasteiger partial charge in [-0.1, -0.05) is 0 Å². The number of ether oxygens (including phenoxy) is 1. The Morgan fingerprint density at radius 2 is 2.23 bits per heavy atom. The number of hydrogen-bond donors (Lipinski definition) is 0. The van der Waals surface area contributed by atoms with Crippen LogP contribution in [0.3, 0.4) is 0 Å². The van der Waals surface area contributed by atoms with Gasteiger partial charge in [0.2, 0.25) is 0 Å². The number of rotatable bonds is 2. The van der Waals surface area contributed by atoms with Gasteiger partial charge in [0.05, 0.1) is 6.61 Å². The van der Waals surface area contributed by atoms with Crippen LogP contribution in [0.15, 0.2) is 15.4 Å². The Morgan fingerprint density at radius 1 is 1.54 bits per heavy atom. The van der Waals surface area contributed by atoms with E-state index in [-0.39, 0.29) is 5.69 Å². The van der Waals surface area contributed by atoms with Crippen molar-refractivity contribution in [3.8, 4) is 0 Å². The fourth-order valence-corrected chi connectivity index (χ4v) is 1.70. The monoisotopic (exact) mass is 308 g/mol. The second kappa shape index (κ2) is 4.66. The molecule has 0 unspecified atom stereocenters. The molecule has 70 valence electrons. The summed E-state index contributed by atoms with van der Waals surface area (Å²) < 4.78 is 5.66. The Labute approximate surface area is 92.0 Å². The minimum Gasteiger partial charge on any atom is -0.461 e. The minimum absolute atomic E-state index is 0.232. The maximum atomic E-state index is 11.2. The number of aromatic nitrogens is 2. The fourth-order valence-electron chi connectivity index (χ4n) is 0.700. The summed E-state index contributed by atoms with van der Waals surface area (Å²) in [5, 5.41) is 0. The van der Waals surface area contributed by atoms with Gasteiger partial charge >= 0.3 is 5.97 Å². The molecule has 1 aromatic rings. The Kier molecular flexibility index (Phi) is 3.80. The zero-order valence-corrected chi connectivity index (χ0v) is 9.92. The molecule has 1 rings (SSSR count). The van der Waals surface area contributed by atoms with Crippen molar-refractivity contribution < 1.29 is 9.53 Å². The molecule has 0 radical (unpaired) electrons. The molecule has 0 aliphatic heterocycles. The van der Waals surface area contributed by atoms with Crippen LogP contribution in [0.4, 0.5) is 0 Å². The number of esters is 1. The maximum absolute atomic E-state index is 11.2. The molecule has 6 heteroatoms. The molecule has 0 fully saturated rings. The summed E-state index contributed by atoms with van der Waals surface area (Å²) in [7, 11) is 0. The van der Waals surface area contributed by atoms with E-state index in [2.05, 4.69) is 41.8 Å². The largest absolute Gasteiger partial charge is 0.461 e. The van der Waals surface area contributed by atoms with Crippen molar-refractivity contribution in [2.24, 2.45) is 0 Å². The van der Waals surface area contributed by atoms with Crippen molar-refractivity contribution in [2.75, 3.05) is 6.61 Å². The minimum atomic E-state index is -0.452. The van der Waals surface area contributed by atoms with Crippen LogP contribution in [0.25, 0.3) is 0 Å². The number of hydrogen-bond acceptors (Lipinski definition) is 4. The molecule has 0 bridgehead atoms. The Bertz CT molecular complexity index is 310. The van der Waals surface area contributed by atoms with E-state index in [1.165, 1.54) is 6.07 Å². The summed E-state index contributed by atoms with van der Waals surface area (Å²) in [5.74, 6) is -0.452. The molecular weight excluding hydrogens is 304 g/mol. The number of carbonyl (C=O) groups excluding carboxylic acids is 1. The Morgan fingerprint density at radius 3 is 2.77 bits per heavy atom. The first kappa shape index (κ1) is 10.6. The highest BCUT2D eigenvalue weighted by Crippen LogP contribution is 2.12. The van der Waals surface area contributed by atoms with Gasteiger partial charge in [-0.05, 0) is 38.8 Å². The topological polar surface area (TPSA) is 52.1 Å². The lowest BCUT2D eigenvalue weighted by atomic mass is 10.4. The van der Waals surface area contributed by atoms with Gasteiger partial charge in [-0.15, -0.1) is 0 Å². The second-order valence-corrected chi connectivity index (χ2v) is 3.59. The highest BCUT2D eigenvalue weighted by molar-refractivity contribution is 9.11. The van der Waals surface area contributed by atoms with Crippen LogP contribution in [0, 0.1) is 0 Å². The normalized spacial score (nSPS) is 9.77. The van der Waals surface area contributed by atoms with Crippen molar-refractivity contribution in [2.45, 2.75) is 6.92 Å². The predicted molar refractivity (Wildman–Crippen MR) is 53.4 cm³/mol. The Hall–Kier alpha value is -0.490. The molecule has 1 aromatic heterocycles. The maximum Gasteiger partial charge on any atom is 0.357 e. The summed E-state index contributed by atoms with van der Waals surface area (Å²) >= 11 is 6.22. The van der Waals surface area contributed by atoms with E-state index in [1.807, 2.05) is 0 Å². The number of nitrogens with zero attached hydrogens (tertiary/aromatic N) is 2. The van der Waals surface area contributed by atoms with E-state index < -0.39 is 5.97 Å². The molecule has 0 N–H and O–H groups in total. The lowest BCUT2D eigenvalue weighted by Crippen LogP contribution is -2.07. The molecule has 0 saturated heterocycles. The first-order chi connectivity index (χ1) is 6.13. The molecule has 0 amide bonds. The molecule has 0 aliphatic rings. The van der Waals surface area contributed by atoms with Crippen LogP contribution in [0.5, 0.6) is 0 Å². The van der Waals surface area contributed by atoms with E-state index in [0.29, 0.717) is 15.9 Å². The van der Waals surface area contributed by atoms with Crippen LogP contribution >= 0.6 is 31.9 Å². The van der Waals surface area contributed by atoms with E-state index >= 15 is 0 Å². The second-order valence-electron chi connectivity index (χ2n) is 2.07. The Balaban J connectivity index is 2.94. The molecule has 0 spiro atoms. The van der Waals surface area contributed by atoms with Crippen LogP contribution in [-0.4, -0.2) is 22.5 Å². The van der Waals surface area contributed by atoms with Crippen molar-refractivity contribution in [3.05, 3.63) is 21.1 Å². The lowest BCUT2D eigenvalue weighted by molar-refractivity contribution is 0.0519. The number of halogens is 2. The average molecular weight is 310 g/mol. The van der Waals surface area contributed by atoms with Gasteiger partial charge in [0, 0.05) is 6.07 Å². The molecule has 0 aliphatic carbocycles. The van der Waals surface area contributed by atoms with Crippen LogP contribution in [0.1, 0.15) is 17.4 Å². The van der Waals surface area contributed by atoms with Gasteiger partial charge in [-0.25, -0.2) is 14.8 Å². The zero-order valence-electron chi connectivity index (χ0n) is 6.75. The van der Waals surface area contributed by atoms with E-state index in [9.17, 15) is 4.79 Å². The van der Waals surface area contributed by atoms with Crippen molar-refractivity contribution in [1.82, 2.24) is 9.97 Å².